The number of rotatable bonds is 3. The SMILES string of the molecule is COC(=O)CCN1C(=O)CCCCC1=O. The first-order chi connectivity index (χ1) is 7.15. The first kappa shape index (κ1) is 11.7. The Kier molecular flexibility index (Phi) is 4.27. The molecule has 0 N–H and O–H groups in total. The lowest BCUT2D eigenvalue weighted by atomic mass is 10.2. The summed E-state index contributed by atoms with van der Waals surface area (Å²) in [5, 5.41) is 0. The van der Waals surface area contributed by atoms with Crippen molar-refractivity contribution in [3.8, 4) is 0 Å². The summed E-state index contributed by atoms with van der Waals surface area (Å²) in [6.07, 6.45) is 2.37. The molecule has 5 heteroatoms. The minimum absolute atomic E-state index is 0.0774. The molecule has 5 nitrogen and oxygen atoms in total. The molecule has 1 rings (SSSR count). The van der Waals surface area contributed by atoms with Gasteiger partial charge in [0.15, 0.2) is 0 Å². The number of hydrogen-bond acceptors (Lipinski definition) is 4. The van der Waals surface area contributed by atoms with Crippen LogP contribution in [0, 0.1) is 0 Å². The number of ether oxygens (including phenoxy) is 1. The average Bonchev–Trinajstić information content (AvgIpc) is 2.38. The van der Waals surface area contributed by atoms with Crippen molar-refractivity contribution in [3.05, 3.63) is 0 Å². The lowest BCUT2D eigenvalue weighted by Crippen LogP contribution is -2.36. The van der Waals surface area contributed by atoms with E-state index in [9.17, 15) is 14.4 Å². The van der Waals surface area contributed by atoms with Gasteiger partial charge in [0.1, 0.15) is 0 Å². The van der Waals surface area contributed by atoms with Crippen molar-refractivity contribution in [1.29, 1.82) is 0 Å². The molecule has 0 spiro atoms. The Labute approximate surface area is 88.4 Å². The number of methoxy groups -OCH3 is 1. The monoisotopic (exact) mass is 213 g/mol. The van der Waals surface area contributed by atoms with E-state index >= 15 is 0 Å². The smallest absolute Gasteiger partial charge is 0.307 e. The summed E-state index contributed by atoms with van der Waals surface area (Å²) in [6, 6.07) is 0. The Morgan fingerprint density at radius 1 is 1.27 bits per heavy atom. The molecular formula is C10H15NO4. The predicted molar refractivity (Wildman–Crippen MR) is 51.8 cm³/mol. The van der Waals surface area contributed by atoms with E-state index < -0.39 is 5.97 Å². The molecule has 0 radical (unpaired) electrons. The second kappa shape index (κ2) is 5.48. The van der Waals surface area contributed by atoms with Crippen LogP contribution in [0.5, 0.6) is 0 Å². The fourth-order valence-corrected chi connectivity index (χ4v) is 1.52. The Bertz CT molecular complexity index is 257. The fraction of sp³-hybridized carbons (Fsp3) is 0.700. The average molecular weight is 213 g/mol. The van der Waals surface area contributed by atoms with Gasteiger partial charge in [0.05, 0.1) is 13.5 Å². The minimum atomic E-state index is -0.403. The number of imide groups is 1. The van der Waals surface area contributed by atoms with E-state index in [0.29, 0.717) is 12.8 Å². The number of esters is 1. The van der Waals surface area contributed by atoms with Gasteiger partial charge in [0, 0.05) is 19.4 Å². The maximum Gasteiger partial charge on any atom is 0.307 e. The third-order valence-corrected chi connectivity index (χ3v) is 2.40. The van der Waals surface area contributed by atoms with Crippen molar-refractivity contribution in [2.24, 2.45) is 0 Å². The van der Waals surface area contributed by atoms with Gasteiger partial charge < -0.3 is 4.74 Å². The van der Waals surface area contributed by atoms with Gasteiger partial charge in [-0.05, 0) is 12.8 Å². The van der Waals surface area contributed by atoms with Crippen molar-refractivity contribution < 1.29 is 19.1 Å². The third-order valence-electron chi connectivity index (χ3n) is 2.40. The number of hydrogen-bond donors (Lipinski definition) is 0. The lowest BCUT2D eigenvalue weighted by Gasteiger charge is -2.17. The number of nitrogens with zero attached hydrogens (tertiary/aromatic N) is 1. The molecule has 1 fully saturated rings. The van der Waals surface area contributed by atoms with Gasteiger partial charge in [-0.15, -0.1) is 0 Å². The van der Waals surface area contributed by atoms with Crippen LogP contribution in [0.15, 0.2) is 0 Å². The number of likely N-dealkylation sites (tertiary alicyclic amines) is 1. The zero-order valence-corrected chi connectivity index (χ0v) is 8.82. The van der Waals surface area contributed by atoms with Crippen molar-refractivity contribution in [1.82, 2.24) is 4.90 Å². The summed E-state index contributed by atoms with van der Waals surface area (Å²) in [5.41, 5.74) is 0. The zero-order chi connectivity index (χ0) is 11.3. The second-order valence-electron chi connectivity index (χ2n) is 3.47. The zero-order valence-electron chi connectivity index (χ0n) is 8.82. The minimum Gasteiger partial charge on any atom is -0.469 e. The largest absolute Gasteiger partial charge is 0.469 e. The maximum absolute atomic E-state index is 11.5. The molecule has 15 heavy (non-hydrogen) atoms. The van der Waals surface area contributed by atoms with Crippen LogP contribution in [-0.2, 0) is 19.1 Å². The van der Waals surface area contributed by atoms with E-state index in [-0.39, 0.29) is 24.8 Å². The number of carbonyl (C=O) groups excluding carboxylic acids is 3. The van der Waals surface area contributed by atoms with Gasteiger partial charge in [-0.25, -0.2) is 0 Å². The molecule has 0 aromatic carbocycles. The number of amides is 2. The third kappa shape index (κ3) is 3.34. The second-order valence-corrected chi connectivity index (χ2v) is 3.47. The summed E-state index contributed by atoms with van der Waals surface area (Å²) in [6.45, 7) is 0.143. The summed E-state index contributed by atoms with van der Waals surface area (Å²) in [4.78, 5) is 35.0. The Morgan fingerprint density at radius 3 is 2.27 bits per heavy atom. The fourth-order valence-electron chi connectivity index (χ4n) is 1.52. The molecule has 1 heterocycles. The first-order valence-corrected chi connectivity index (χ1v) is 5.05. The Hall–Kier alpha value is -1.39. The molecule has 1 aliphatic rings. The van der Waals surface area contributed by atoms with E-state index in [1.54, 1.807) is 0 Å². The summed E-state index contributed by atoms with van der Waals surface area (Å²) in [5.74, 6) is -0.761. The van der Waals surface area contributed by atoms with Crippen LogP contribution >= 0.6 is 0 Å². The van der Waals surface area contributed by atoms with E-state index in [1.807, 2.05) is 0 Å². The summed E-state index contributed by atoms with van der Waals surface area (Å²) in [7, 11) is 1.29. The normalized spacial score (nSPS) is 17.5. The molecule has 2 amide bonds. The molecule has 0 saturated carbocycles. The quantitative estimate of drug-likeness (QED) is 0.505. The van der Waals surface area contributed by atoms with E-state index in [4.69, 9.17) is 0 Å². The summed E-state index contributed by atoms with van der Waals surface area (Å²) >= 11 is 0. The van der Waals surface area contributed by atoms with E-state index in [2.05, 4.69) is 4.74 Å². The molecule has 84 valence electrons. The Balaban J connectivity index is 2.52. The molecule has 0 atom stereocenters. The highest BCUT2D eigenvalue weighted by molar-refractivity contribution is 5.96. The van der Waals surface area contributed by atoms with Crippen LogP contribution < -0.4 is 0 Å². The van der Waals surface area contributed by atoms with Crippen LogP contribution in [-0.4, -0.2) is 36.3 Å². The van der Waals surface area contributed by atoms with Gasteiger partial charge in [-0.1, -0.05) is 0 Å². The van der Waals surface area contributed by atoms with Gasteiger partial charge in [-0.3, -0.25) is 19.3 Å². The van der Waals surface area contributed by atoms with Crippen LogP contribution in [0.4, 0.5) is 0 Å². The molecule has 1 saturated heterocycles. The molecule has 0 unspecified atom stereocenters. The van der Waals surface area contributed by atoms with Gasteiger partial charge in [-0.2, -0.15) is 0 Å². The van der Waals surface area contributed by atoms with Crippen molar-refractivity contribution in [2.45, 2.75) is 32.1 Å². The van der Waals surface area contributed by atoms with Gasteiger partial charge in [0.25, 0.3) is 0 Å². The van der Waals surface area contributed by atoms with E-state index in [1.165, 1.54) is 12.0 Å². The Morgan fingerprint density at radius 2 is 1.80 bits per heavy atom. The van der Waals surface area contributed by atoms with Crippen molar-refractivity contribution >= 4 is 17.8 Å². The molecule has 0 aromatic rings. The van der Waals surface area contributed by atoms with Crippen molar-refractivity contribution in [2.75, 3.05) is 13.7 Å². The standard InChI is InChI=1S/C10H15NO4/c1-15-10(14)6-7-11-8(12)4-2-3-5-9(11)13/h2-7H2,1H3. The molecular weight excluding hydrogens is 198 g/mol. The van der Waals surface area contributed by atoms with Crippen molar-refractivity contribution in [3.63, 3.8) is 0 Å². The van der Waals surface area contributed by atoms with Crippen LogP contribution in [0.1, 0.15) is 32.1 Å². The molecule has 0 bridgehead atoms. The van der Waals surface area contributed by atoms with Gasteiger partial charge in [0.2, 0.25) is 11.8 Å². The molecule has 0 aromatic heterocycles. The lowest BCUT2D eigenvalue weighted by molar-refractivity contribution is -0.146. The predicted octanol–water partition coefficient (Wildman–Crippen LogP) is 0.479. The topological polar surface area (TPSA) is 63.7 Å². The maximum atomic E-state index is 11.5. The number of carbonyl (C=O) groups is 3. The highest BCUT2D eigenvalue weighted by atomic mass is 16.5. The highest BCUT2D eigenvalue weighted by Gasteiger charge is 2.24. The highest BCUT2D eigenvalue weighted by Crippen LogP contribution is 2.12. The molecule has 0 aliphatic carbocycles. The van der Waals surface area contributed by atoms with Crippen LogP contribution in [0.3, 0.4) is 0 Å². The van der Waals surface area contributed by atoms with E-state index in [0.717, 1.165) is 12.8 Å². The first-order valence-electron chi connectivity index (χ1n) is 5.05. The molecule has 1 aliphatic heterocycles. The van der Waals surface area contributed by atoms with Crippen LogP contribution in [0.25, 0.3) is 0 Å². The summed E-state index contributed by atoms with van der Waals surface area (Å²) < 4.78 is 4.45. The van der Waals surface area contributed by atoms with Gasteiger partial charge >= 0.3 is 5.97 Å². The van der Waals surface area contributed by atoms with Crippen LogP contribution in [0.2, 0.25) is 0 Å².